The number of nitrogens with zero attached hydrogens (tertiary/aromatic N) is 2. The fraction of sp³-hybridized carbons (Fsp3) is 0.647. The second-order valence-electron chi connectivity index (χ2n) is 6.52. The van der Waals surface area contributed by atoms with Gasteiger partial charge in [0.2, 0.25) is 0 Å². The van der Waals surface area contributed by atoms with Gasteiger partial charge in [0.15, 0.2) is 0 Å². The number of para-hydroxylation sites is 2. The molecular formula is C17H28N2. The summed E-state index contributed by atoms with van der Waals surface area (Å²) in [7, 11) is 0. The Morgan fingerprint density at radius 1 is 0.842 bits per heavy atom. The number of hydrogen-bond donors (Lipinski definition) is 0. The molecule has 1 aliphatic heterocycles. The molecule has 0 radical (unpaired) electrons. The van der Waals surface area contributed by atoms with E-state index < -0.39 is 0 Å². The summed E-state index contributed by atoms with van der Waals surface area (Å²) in [6.07, 6.45) is 1.26. The van der Waals surface area contributed by atoms with E-state index in [0.29, 0.717) is 11.8 Å². The van der Waals surface area contributed by atoms with E-state index >= 15 is 0 Å². The Balaban J connectivity index is 2.28. The highest BCUT2D eigenvalue weighted by Gasteiger charge is 2.20. The molecule has 2 nitrogen and oxygen atoms in total. The summed E-state index contributed by atoms with van der Waals surface area (Å²) in [5, 5.41) is 0. The summed E-state index contributed by atoms with van der Waals surface area (Å²) in [6.45, 7) is 13.9. The first-order valence-corrected chi connectivity index (χ1v) is 7.67. The van der Waals surface area contributed by atoms with Gasteiger partial charge in [-0.05, 0) is 30.4 Å². The zero-order chi connectivity index (χ0) is 13.8. The topological polar surface area (TPSA) is 6.48 Å². The molecule has 2 rings (SSSR count). The second kappa shape index (κ2) is 6.31. The Morgan fingerprint density at radius 2 is 1.26 bits per heavy atom. The Bertz CT molecular complexity index is 361. The zero-order valence-corrected chi connectivity index (χ0v) is 12.9. The molecule has 1 heterocycles. The summed E-state index contributed by atoms with van der Waals surface area (Å²) in [6, 6.07) is 8.92. The van der Waals surface area contributed by atoms with Gasteiger partial charge in [0.05, 0.1) is 11.4 Å². The van der Waals surface area contributed by atoms with Crippen molar-refractivity contribution in [1.29, 1.82) is 0 Å². The van der Waals surface area contributed by atoms with Gasteiger partial charge in [-0.2, -0.15) is 0 Å². The molecule has 0 saturated carbocycles. The average Bonchev–Trinajstić information content (AvgIpc) is 2.50. The fourth-order valence-electron chi connectivity index (χ4n) is 2.95. The highest BCUT2D eigenvalue weighted by Crippen LogP contribution is 2.32. The summed E-state index contributed by atoms with van der Waals surface area (Å²) in [5.41, 5.74) is 2.85. The number of benzene rings is 1. The van der Waals surface area contributed by atoms with Crippen molar-refractivity contribution in [2.24, 2.45) is 11.8 Å². The van der Waals surface area contributed by atoms with E-state index in [9.17, 15) is 0 Å². The minimum Gasteiger partial charge on any atom is -0.370 e. The Labute approximate surface area is 118 Å². The van der Waals surface area contributed by atoms with Crippen LogP contribution >= 0.6 is 0 Å². The van der Waals surface area contributed by atoms with E-state index in [1.54, 1.807) is 0 Å². The van der Waals surface area contributed by atoms with Crippen molar-refractivity contribution in [3.05, 3.63) is 24.3 Å². The smallest absolute Gasteiger partial charge is 0.0604 e. The quantitative estimate of drug-likeness (QED) is 0.807. The van der Waals surface area contributed by atoms with Gasteiger partial charge < -0.3 is 9.80 Å². The second-order valence-corrected chi connectivity index (χ2v) is 6.52. The highest BCUT2D eigenvalue weighted by molar-refractivity contribution is 5.72. The lowest BCUT2D eigenvalue weighted by Crippen LogP contribution is -2.28. The first-order chi connectivity index (χ1) is 9.08. The molecule has 0 amide bonds. The average molecular weight is 260 g/mol. The van der Waals surface area contributed by atoms with Gasteiger partial charge >= 0.3 is 0 Å². The molecular weight excluding hydrogens is 232 g/mol. The minimum atomic E-state index is 0.713. The summed E-state index contributed by atoms with van der Waals surface area (Å²) in [5.74, 6) is 1.43. The minimum absolute atomic E-state index is 0.713. The van der Waals surface area contributed by atoms with Gasteiger partial charge in [0.25, 0.3) is 0 Å². The monoisotopic (exact) mass is 260 g/mol. The van der Waals surface area contributed by atoms with E-state index in [-0.39, 0.29) is 0 Å². The van der Waals surface area contributed by atoms with Crippen molar-refractivity contribution in [2.75, 3.05) is 36.0 Å². The molecule has 0 bridgehead atoms. The molecule has 1 aliphatic rings. The van der Waals surface area contributed by atoms with E-state index in [4.69, 9.17) is 0 Å². The predicted octanol–water partition coefficient (Wildman–Crippen LogP) is 4.02. The fourth-order valence-corrected chi connectivity index (χ4v) is 2.95. The Kier molecular flexibility index (Phi) is 4.73. The van der Waals surface area contributed by atoms with Crippen LogP contribution in [0.25, 0.3) is 0 Å². The Hall–Kier alpha value is -1.18. The lowest BCUT2D eigenvalue weighted by Gasteiger charge is -2.29. The van der Waals surface area contributed by atoms with Crippen molar-refractivity contribution in [3.63, 3.8) is 0 Å². The van der Waals surface area contributed by atoms with Gasteiger partial charge in [0.1, 0.15) is 0 Å². The van der Waals surface area contributed by atoms with Crippen LogP contribution in [0.4, 0.5) is 11.4 Å². The van der Waals surface area contributed by atoms with Crippen LogP contribution in [0.1, 0.15) is 34.1 Å². The number of rotatable bonds is 4. The summed E-state index contributed by atoms with van der Waals surface area (Å²) in [4.78, 5) is 5.14. The van der Waals surface area contributed by atoms with Crippen LogP contribution in [0.3, 0.4) is 0 Å². The first-order valence-electron chi connectivity index (χ1n) is 7.67. The highest BCUT2D eigenvalue weighted by atomic mass is 15.2. The standard InChI is InChI=1S/C17H28N2/c1-14(2)12-18-10-7-11-19(13-15(3)4)17-9-6-5-8-16(17)18/h5-6,8-9,14-15H,7,10-13H2,1-4H3. The SMILES string of the molecule is CC(C)CN1CCCN(CC(C)C)c2ccccc21. The molecule has 0 fully saturated rings. The number of hydrogen-bond acceptors (Lipinski definition) is 2. The molecule has 106 valence electrons. The lowest BCUT2D eigenvalue weighted by atomic mass is 10.1. The zero-order valence-electron chi connectivity index (χ0n) is 12.9. The first kappa shape index (κ1) is 14.2. The third kappa shape index (κ3) is 3.65. The number of anilines is 2. The predicted molar refractivity (Wildman–Crippen MR) is 85.2 cm³/mol. The maximum absolute atomic E-state index is 2.57. The van der Waals surface area contributed by atoms with Gasteiger partial charge in [-0.1, -0.05) is 39.8 Å². The largest absolute Gasteiger partial charge is 0.370 e. The van der Waals surface area contributed by atoms with E-state index in [2.05, 4.69) is 61.8 Å². The van der Waals surface area contributed by atoms with E-state index in [1.165, 1.54) is 30.9 Å². The molecule has 19 heavy (non-hydrogen) atoms. The van der Waals surface area contributed by atoms with Crippen LogP contribution in [0.15, 0.2) is 24.3 Å². The van der Waals surface area contributed by atoms with Gasteiger partial charge in [-0.3, -0.25) is 0 Å². The third-order valence-electron chi connectivity index (χ3n) is 3.59. The van der Waals surface area contributed by atoms with Crippen LogP contribution in [0.2, 0.25) is 0 Å². The van der Waals surface area contributed by atoms with Crippen LogP contribution in [-0.2, 0) is 0 Å². The van der Waals surface area contributed by atoms with Crippen LogP contribution < -0.4 is 9.80 Å². The van der Waals surface area contributed by atoms with Crippen molar-refractivity contribution in [1.82, 2.24) is 0 Å². The van der Waals surface area contributed by atoms with Gasteiger partial charge in [-0.15, -0.1) is 0 Å². The molecule has 1 aromatic carbocycles. The maximum Gasteiger partial charge on any atom is 0.0604 e. The van der Waals surface area contributed by atoms with Crippen molar-refractivity contribution in [3.8, 4) is 0 Å². The maximum atomic E-state index is 2.57. The van der Waals surface area contributed by atoms with E-state index in [1.807, 2.05) is 0 Å². The Morgan fingerprint density at radius 3 is 1.63 bits per heavy atom. The normalized spacial score (nSPS) is 15.9. The van der Waals surface area contributed by atoms with Crippen molar-refractivity contribution < 1.29 is 0 Å². The van der Waals surface area contributed by atoms with Gasteiger partial charge in [0, 0.05) is 26.2 Å². The van der Waals surface area contributed by atoms with Crippen molar-refractivity contribution in [2.45, 2.75) is 34.1 Å². The molecule has 0 aliphatic carbocycles. The molecule has 0 saturated heterocycles. The van der Waals surface area contributed by atoms with E-state index in [0.717, 1.165) is 13.1 Å². The molecule has 2 heteroatoms. The molecule has 0 atom stereocenters. The van der Waals surface area contributed by atoms with Gasteiger partial charge in [-0.25, -0.2) is 0 Å². The summed E-state index contributed by atoms with van der Waals surface area (Å²) < 4.78 is 0. The van der Waals surface area contributed by atoms with Crippen LogP contribution in [0, 0.1) is 11.8 Å². The summed E-state index contributed by atoms with van der Waals surface area (Å²) >= 11 is 0. The van der Waals surface area contributed by atoms with Crippen LogP contribution in [0.5, 0.6) is 0 Å². The third-order valence-corrected chi connectivity index (χ3v) is 3.59. The van der Waals surface area contributed by atoms with Crippen LogP contribution in [-0.4, -0.2) is 26.2 Å². The molecule has 0 N–H and O–H groups in total. The lowest BCUT2D eigenvalue weighted by molar-refractivity contribution is 0.589. The van der Waals surface area contributed by atoms with Crippen molar-refractivity contribution >= 4 is 11.4 Å². The molecule has 0 unspecified atom stereocenters. The molecule has 1 aromatic rings. The molecule has 0 aromatic heterocycles. The molecule has 0 spiro atoms. The number of fused-ring (bicyclic) bond motifs is 1.